The zero-order valence-electron chi connectivity index (χ0n) is 52.2. The van der Waals surface area contributed by atoms with Crippen LogP contribution >= 0.6 is 7.82 Å². The van der Waals surface area contributed by atoms with Gasteiger partial charge in [-0.3, -0.25) is 13.8 Å². The Morgan fingerprint density at radius 3 is 1.04 bits per heavy atom. The van der Waals surface area contributed by atoms with Gasteiger partial charge in [-0.2, -0.15) is 0 Å². The van der Waals surface area contributed by atoms with Crippen LogP contribution in [0, 0.1) is 0 Å². The maximum atomic E-state index is 13.0. The molecule has 0 saturated carbocycles. The van der Waals surface area contributed by atoms with Crippen LogP contribution in [-0.4, -0.2) is 73.4 Å². The van der Waals surface area contributed by atoms with Crippen LogP contribution in [0.1, 0.15) is 341 Å². The molecule has 0 aliphatic rings. The lowest BCUT2D eigenvalue weighted by atomic mass is 10.0. The molecule has 456 valence electrons. The number of hydrogen-bond acceptors (Lipinski definition) is 5. The molecule has 0 aromatic heterocycles. The number of nitrogens with one attached hydrogen (secondary N) is 1. The van der Waals surface area contributed by atoms with Crippen molar-refractivity contribution in [1.82, 2.24) is 5.32 Å². The van der Waals surface area contributed by atoms with Gasteiger partial charge in [-0.25, -0.2) is 4.57 Å². The lowest BCUT2D eigenvalue weighted by Gasteiger charge is -2.25. The number of aliphatic hydroxyl groups excluding tert-OH is 1. The Kier molecular flexibility index (Phi) is 58.4. The number of amides is 1. The summed E-state index contributed by atoms with van der Waals surface area (Å²) in [4.78, 5) is 23.3. The maximum Gasteiger partial charge on any atom is 0.472 e. The van der Waals surface area contributed by atoms with E-state index in [1.165, 1.54) is 283 Å². The highest BCUT2D eigenvalue weighted by Gasteiger charge is 2.28. The summed E-state index contributed by atoms with van der Waals surface area (Å²) in [5.41, 5.74) is 0. The number of hydrogen-bond donors (Lipinski definition) is 3. The first-order valence-electron chi connectivity index (χ1n) is 33.9. The first-order valence-corrected chi connectivity index (χ1v) is 35.4. The van der Waals surface area contributed by atoms with Crippen LogP contribution in [0.3, 0.4) is 0 Å². The molecule has 0 radical (unpaired) electrons. The molecule has 0 rings (SSSR count). The quantitative estimate of drug-likeness (QED) is 0.0243. The number of unbranched alkanes of at least 4 members (excludes halogenated alkanes) is 46. The molecule has 0 aromatic carbocycles. The lowest BCUT2D eigenvalue weighted by molar-refractivity contribution is -0.870. The smallest absolute Gasteiger partial charge is 0.387 e. The molecule has 0 aromatic rings. The predicted octanol–water partition coefficient (Wildman–Crippen LogP) is 21.3. The van der Waals surface area contributed by atoms with Gasteiger partial charge in [0.15, 0.2) is 0 Å². The summed E-state index contributed by atoms with van der Waals surface area (Å²) in [7, 11) is 1.57. The van der Waals surface area contributed by atoms with Crippen LogP contribution in [0.2, 0.25) is 0 Å². The zero-order valence-corrected chi connectivity index (χ0v) is 53.1. The number of rotatable bonds is 63. The average Bonchev–Trinajstić information content (AvgIpc) is 3.39. The Bertz CT molecular complexity index is 1350. The van der Waals surface area contributed by atoms with E-state index in [0.29, 0.717) is 17.4 Å². The number of likely N-dealkylation sites (N-methyl/N-ethyl adjacent to an activating group) is 1. The summed E-state index contributed by atoms with van der Waals surface area (Å²) in [6, 6.07) is -0.861. The Morgan fingerprint density at radius 2 is 0.714 bits per heavy atom. The largest absolute Gasteiger partial charge is 0.472 e. The molecular formula is C68H134N2O6P+. The molecule has 0 heterocycles. The summed E-state index contributed by atoms with van der Waals surface area (Å²) >= 11 is 0. The van der Waals surface area contributed by atoms with Crippen LogP contribution in [0.15, 0.2) is 36.5 Å². The Labute approximate surface area is 480 Å². The number of phosphoric acid groups is 1. The molecule has 1 amide bonds. The third-order valence-corrected chi connectivity index (χ3v) is 16.6. The molecule has 0 spiro atoms. The Balaban J connectivity index is 3.90. The van der Waals surface area contributed by atoms with Gasteiger partial charge in [0.1, 0.15) is 13.2 Å². The maximum absolute atomic E-state index is 13.0. The van der Waals surface area contributed by atoms with E-state index in [1.807, 2.05) is 27.2 Å². The van der Waals surface area contributed by atoms with Crippen molar-refractivity contribution in [3.8, 4) is 0 Å². The lowest BCUT2D eigenvalue weighted by Crippen LogP contribution is -2.45. The highest BCUT2D eigenvalue weighted by atomic mass is 31.2. The minimum absolute atomic E-state index is 0.0581. The van der Waals surface area contributed by atoms with Crippen molar-refractivity contribution in [3.63, 3.8) is 0 Å². The summed E-state index contributed by atoms with van der Waals surface area (Å²) in [6.07, 6.45) is 78.8. The fourth-order valence-corrected chi connectivity index (χ4v) is 11.0. The van der Waals surface area contributed by atoms with Crippen LogP contribution < -0.4 is 5.32 Å². The van der Waals surface area contributed by atoms with E-state index < -0.39 is 20.0 Å². The van der Waals surface area contributed by atoms with Crippen molar-refractivity contribution < 1.29 is 32.9 Å². The summed E-state index contributed by atoms with van der Waals surface area (Å²) < 4.78 is 23.7. The zero-order chi connectivity index (χ0) is 56.3. The summed E-state index contributed by atoms with van der Waals surface area (Å²) in [6.45, 7) is 4.83. The van der Waals surface area contributed by atoms with Crippen molar-refractivity contribution in [3.05, 3.63) is 36.5 Å². The average molecular weight is 1110 g/mol. The summed E-state index contributed by atoms with van der Waals surface area (Å²) in [5, 5.41) is 13.9. The van der Waals surface area contributed by atoms with Gasteiger partial charge in [-0.05, 0) is 57.8 Å². The molecule has 0 saturated heterocycles. The number of allylic oxidation sites excluding steroid dienone is 5. The molecule has 77 heavy (non-hydrogen) atoms. The predicted molar refractivity (Wildman–Crippen MR) is 337 cm³/mol. The molecule has 0 aliphatic carbocycles. The molecule has 0 fully saturated rings. The molecule has 9 heteroatoms. The first kappa shape index (κ1) is 75.7. The molecule has 0 bridgehead atoms. The first-order chi connectivity index (χ1) is 37.5. The molecule has 8 nitrogen and oxygen atoms in total. The van der Waals surface area contributed by atoms with Crippen molar-refractivity contribution >= 4 is 13.7 Å². The van der Waals surface area contributed by atoms with Crippen LogP contribution in [-0.2, 0) is 18.4 Å². The second-order valence-corrected chi connectivity index (χ2v) is 26.0. The Morgan fingerprint density at radius 1 is 0.429 bits per heavy atom. The van der Waals surface area contributed by atoms with Crippen molar-refractivity contribution in [2.45, 2.75) is 353 Å². The topological polar surface area (TPSA) is 105 Å². The van der Waals surface area contributed by atoms with E-state index in [0.717, 1.165) is 38.5 Å². The van der Waals surface area contributed by atoms with Crippen LogP contribution in [0.25, 0.3) is 0 Å². The van der Waals surface area contributed by atoms with Gasteiger partial charge in [-0.1, -0.05) is 314 Å². The number of carbonyl (C=O) groups excluding carboxylic acids is 1. The minimum Gasteiger partial charge on any atom is -0.387 e. The van der Waals surface area contributed by atoms with E-state index >= 15 is 0 Å². The van der Waals surface area contributed by atoms with Crippen LogP contribution in [0.5, 0.6) is 0 Å². The van der Waals surface area contributed by atoms with Gasteiger partial charge < -0.3 is 19.8 Å². The third-order valence-electron chi connectivity index (χ3n) is 15.6. The second kappa shape index (κ2) is 59.3. The van der Waals surface area contributed by atoms with E-state index in [2.05, 4.69) is 43.5 Å². The second-order valence-electron chi connectivity index (χ2n) is 24.5. The van der Waals surface area contributed by atoms with Crippen molar-refractivity contribution in [2.24, 2.45) is 0 Å². The monoisotopic (exact) mass is 1110 g/mol. The van der Waals surface area contributed by atoms with Gasteiger partial charge in [-0.15, -0.1) is 0 Å². The minimum atomic E-state index is -4.35. The molecule has 0 aliphatic heterocycles. The Hall–Kier alpha value is -1.28. The number of carbonyl (C=O) groups is 1. The molecule has 3 unspecified atom stereocenters. The van der Waals surface area contributed by atoms with E-state index in [9.17, 15) is 19.4 Å². The molecule has 3 N–H and O–H groups in total. The van der Waals surface area contributed by atoms with Crippen molar-refractivity contribution in [1.29, 1.82) is 0 Å². The fraction of sp³-hybridized carbons (Fsp3) is 0.897. The molecule has 3 atom stereocenters. The standard InChI is InChI=1S/C68H133N2O6P/c1-6-8-10-12-14-16-18-20-22-24-25-26-27-28-29-30-31-32-33-34-35-36-37-38-39-40-41-42-43-44-45-46-48-50-52-54-56-58-60-62-68(72)69-66(65-76-77(73,74)75-64-63-70(3,4)5)67(71)61-59-57-55-53-51-49-47-23-21-19-17-15-13-11-9-7-2/h24-25,51,53,59,61,66-67,71H,6-23,26-50,52,54-58,60,62-65H2,1-5H3,(H-,69,72,73,74)/p+1/b25-24-,53-51+,61-59+. The van der Waals surface area contributed by atoms with Gasteiger partial charge in [0.2, 0.25) is 5.91 Å². The third kappa shape index (κ3) is 62.2. The van der Waals surface area contributed by atoms with Crippen LogP contribution in [0.4, 0.5) is 0 Å². The van der Waals surface area contributed by atoms with Gasteiger partial charge >= 0.3 is 7.82 Å². The number of aliphatic hydroxyl groups is 1. The van der Waals surface area contributed by atoms with E-state index in [4.69, 9.17) is 9.05 Å². The molecular weight excluding hydrogens is 972 g/mol. The number of quaternary nitrogens is 1. The van der Waals surface area contributed by atoms with Gasteiger partial charge in [0, 0.05) is 6.42 Å². The van der Waals surface area contributed by atoms with Gasteiger partial charge in [0.05, 0.1) is 39.9 Å². The summed E-state index contributed by atoms with van der Waals surface area (Å²) in [5.74, 6) is -0.180. The van der Waals surface area contributed by atoms with Gasteiger partial charge in [0.25, 0.3) is 0 Å². The fourth-order valence-electron chi connectivity index (χ4n) is 10.3. The highest BCUT2D eigenvalue weighted by Crippen LogP contribution is 2.43. The van der Waals surface area contributed by atoms with Crippen molar-refractivity contribution in [2.75, 3.05) is 40.9 Å². The van der Waals surface area contributed by atoms with E-state index in [1.54, 1.807) is 6.08 Å². The SMILES string of the molecule is CCCCCCCCCC/C=C\CCCCCCCCCCCCCCCCCCCCCCCCCCCCCC(=O)NC(COP(=O)(O)OCC[N+](C)(C)C)C(O)/C=C/CC/C=C/CCCCCCCCCCCC. The van der Waals surface area contributed by atoms with E-state index in [-0.39, 0.29) is 19.1 Å². The number of phosphoric ester groups is 1. The number of nitrogens with zero attached hydrogens (tertiary/aromatic N) is 1. The normalized spacial score (nSPS) is 13.9. The highest BCUT2D eigenvalue weighted by molar-refractivity contribution is 7.47.